The number of nitrogens with one attached hydrogen (secondary N) is 2. The maximum absolute atomic E-state index is 11.7. The number of hydrogen-bond acceptors (Lipinski definition) is 5. The fraction of sp³-hybridized carbons (Fsp3) is 0.250. The second-order valence-electron chi connectivity index (χ2n) is 6.72. The zero-order valence-electron chi connectivity index (χ0n) is 16.3. The van der Waals surface area contributed by atoms with E-state index in [1.807, 2.05) is 6.92 Å². The third kappa shape index (κ3) is 5.60. The van der Waals surface area contributed by atoms with Gasteiger partial charge in [-0.2, -0.15) is 0 Å². The number of benzene rings is 2. The molecule has 0 spiro atoms. The van der Waals surface area contributed by atoms with Crippen LogP contribution in [0.4, 0.5) is 0 Å². The summed E-state index contributed by atoms with van der Waals surface area (Å²) in [5.74, 6) is 1.53. The molecule has 0 aliphatic heterocycles. The summed E-state index contributed by atoms with van der Waals surface area (Å²) in [5, 5.41) is 5.66. The van der Waals surface area contributed by atoms with E-state index in [-0.39, 0.29) is 11.7 Å². The maximum atomic E-state index is 11.7. The summed E-state index contributed by atoms with van der Waals surface area (Å²) < 4.78 is 28.7. The van der Waals surface area contributed by atoms with Crippen LogP contribution in [0.5, 0.6) is 17.2 Å². The van der Waals surface area contributed by atoms with E-state index in [1.54, 1.807) is 49.6 Å². The van der Waals surface area contributed by atoms with Crippen LogP contribution in [0.2, 0.25) is 0 Å². The molecule has 0 aliphatic carbocycles. The average molecular weight is 418 g/mol. The highest BCUT2D eigenvalue weighted by molar-refractivity contribution is 7.65. The lowest BCUT2D eigenvalue weighted by Crippen LogP contribution is -2.17. The number of methoxy groups -OCH3 is 1. The van der Waals surface area contributed by atoms with E-state index in [0.717, 1.165) is 0 Å². The zero-order valence-corrected chi connectivity index (χ0v) is 17.2. The van der Waals surface area contributed by atoms with Crippen LogP contribution in [0.1, 0.15) is 6.92 Å². The van der Waals surface area contributed by atoms with Gasteiger partial charge in [-0.3, -0.25) is 19.6 Å². The van der Waals surface area contributed by atoms with Crippen LogP contribution in [0, 0.1) is 0 Å². The Bertz CT molecular complexity index is 1070. The van der Waals surface area contributed by atoms with Crippen LogP contribution < -0.4 is 20.3 Å². The highest BCUT2D eigenvalue weighted by Crippen LogP contribution is 2.35. The van der Waals surface area contributed by atoms with Gasteiger partial charge in [0.15, 0.2) is 0 Å². The molecule has 2 unspecified atom stereocenters. The molecule has 2 atom stereocenters. The van der Waals surface area contributed by atoms with Gasteiger partial charge in [0.2, 0.25) is 7.37 Å². The van der Waals surface area contributed by atoms with Gasteiger partial charge in [0.1, 0.15) is 23.4 Å². The van der Waals surface area contributed by atoms with Crippen molar-refractivity contribution in [2.24, 2.45) is 0 Å². The maximum Gasteiger partial charge on any atom is 0.264 e. The van der Waals surface area contributed by atoms with Crippen LogP contribution >= 0.6 is 7.37 Å². The van der Waals surface area contributed by atoms with Crippen molar-refractivity contribution in [2.75, 3.05) is 20.4 Å². The lowest BCUT2D eigenvalue weighted by Gasteiger charge is -2.16. The third-order valence-electron chi connectivity index (χ3n) is 4.08. The second-order valence-corrected chi connectivity index (χ2v) is 9.00. The molecular formula is C20H23N2O6P. The molecule has 0 bridgehead atoms. The third-order valence-corrected chi connectivity index (χ3v) is 5.33. The SMILES string of the molecule is COCC(C)Oc1cc(Oc2ccc(P(C)(=O)O)cc2)cc(-c2cc(=O)[nH][nH]2)c1. The lowest BCUT2D eigenvalue weighted by molar-refractivity contribution is 0.0920. The number of aromatic amines is 2. The molecule has 154 valence electrons. The first kappa shape index (κ1) is 20.9. The van der Waals surface area contributed by atoms with E-state index < -0.39 is 7.37 Å². The smallest absolute Gasteiger partial charge is 0.264 e. The molecule has 0 amide bonds. The van der Waals surface area contributed by atoms with Crippen molar-refractivity contribution in [1.82, 2.24) is 10.2 Å². The summed E-state index contributed by atoms with van der Waals surface area (Å²) in [4.78, 5) is 21.1. The van der Waals surface area contributed by atoms with Crippen LogP contribution in [-0.2, 0) is 9.30 Å². The van der Waals surface area contributed by atoms with Crippen molar-refractivity contribution in [2.45, 2.75) is 13.0 Å². The lowest BCUT2D eigenvalue weighted by atomic mass is 10.1. The summed E-state index contributed by atoms with van der Waals surface area (Å²) in [6.45, 7) is 3.58. The molecule has 0 saturated heterocycles. The molecule has 3 rings (SSSR count). The molecule has 9 heteroatoms. The van der Waals surface area contributed by atoms with E-state index in [4.69, 9.17) is 14.2 Å². The summed E-state index contributed by atoms with van der Waals surface area (Å²) in [5.41, 5.74) is 1.04. The number of hydrogen-bond donors (Lipinski definition) is 3. The van der Waals surface area contributed by atoms with Crippen molar-refractivity contribution in [3.05, 3.63) is 58.9 Å². The van der Waals surface area contributed by atoms with Crippen molar-refractivity contribution in [3.8, 4) is 28.5 Å². The zero-order chi connectivity index (χ0) is 21.0. The molecule has 0 radical (unpaired) electrons. The van der Waals surface area contributed by atoms with Gasteiger partial charge in [0.05, 0.1) is 12.3 Å². The van der Waals surface area contributed by atoms with E-state index in [0.29, 0.717) is 40.4 Å². The van der Waals surface area contributed by atoms with E-state index in [2.05, 4.69) is 10.2 Å². The van der Waals surface area contributed by atoms with Gasteiger partial charge in [0.25, 0.3) is 5.56 Å². The Labute approximate surface area is 167 Å². The molecule has 0 fully saturated rings. The van der Waals surface area contributed by atoms with Crippen LogP contribution in [0.25, 0.3) is 11.3 Å². The standard InChI is InChI=1S/C20H23N2O6P/c1-13(12-26-2)27-16-8-14(19-11-20(23)22-21-19)9-17(10-16)28-15-4-6-18(7-5-15)29(3,24)25/h4-11,13H,12H2,1-3H3,(H,24,25)(H2,21,22,23). The molecule has 3 aromatic rings. The molecule has 29 heavy (non-hydrogen) atoms. The van der Waals surface area contributed by atoms with Gasteiger partial charge in [-0.1, -0.05) is 0 Å². The van der Waals surface area contributed by atoms with E-state index in [1.165, 1.54) is 12.7 Å². The average Bonchev–Trinajstić information content (AvgIpc) is 3.08. The minimum atomic E-state index is -3.32. The summed E-state index contributed by atoms with van der Waals surface area (Å²) in [6, 6.07) is 13.1. The Morgan fingerprint density at radius 2 is 1.72 bits per heavy atom. The number of H-pyrrole nitrogens is 2. The quantitative estimate of drug-likeness (QED) is 0.485. The topological polar surface area (TPSA) is 114 Å². The first-order valence-electron chi connectivity index (χ1n) is 8.92. The van der Waals surface area contributed by atoms with Gasteiger partial charge in [-0.25, -0.2) is 0 Å². The predicted octanol–water partition coefficient (Wildman–Crippen LogP) is 3.10. The van der Waals surface area contributed by atoms with Gasteiger partial charge in [-0.05, 0) is 43.3 Å². The van der Waals surface area contributed by atoms with E-state index >= 15 is 0 Å². The number of aromatic nitrogens is 2. The molecule has 3 N–H and O–H groups in total. The summed E-state index contributed by atoms with van der Waals surface area (Å²) in [7, 11) is -1.72. The second kappa shape index (κ2) is 8.69. The molecule has 0 saturated carbocycles. The van der Waals surface area contributed by atoms with Crippen molar-refractivity contribution >= 4 is 12.7 Å². The fourth-order valence-electron chi connectivity index (χ4n) is 2.77. The molecule has 1 heterocycles. The van der Waals surface area contributed by atoms with E-state index in [9.17, 15) is 14.3 Å². The molecule has 1 aromatic heterocycles. The number of rotatable bonds is 8. The monoisotopic (exact) mass is 418 g/mol. The predicted molar refractivity (Wildman–Crippen MR) is 111 cm³/mol. The van der Waals surface area contributed by atoms with Crippen molar-refractivity contribution in [1.29, 1.82) is 0 Å². The van der Waals surface area contributed by atoms with Gasteiger partial charge in [0, 0.05) is 36.8 Å². The minimum Gasteiger partial charge on any atom is -0.488 e. The normalized spacial score (nSPS) is 14.2. The molecule has 8 nitrogen and oxygen atoms in total. The largest absolute Gasteiger partial charge is 0.488 e. The summed E-state index contributed by atoms with van der Waals surface area (Å²) >= 11 is 0. The minimum absolute atomic E-state index is 0.184. The van der Waals surface area contributed by atoms with Gasteiger partial charge >= 0.3 is 0 Å². The van der Waals surface area contributed by atoms with Gasteiger partial charge in [-0.15, -0.1) is 0 Å². The van der Waals surface area contributed by atoms with Crippen molar-refractivity contribution in [3.63, 3.8) is 0 Å². The van der Waals surface area contributed by atoms with Crippen LogP contribution in [0.15, 0.2) is 53.3 Å². The van der Waals surface area contributed by atoms with Crippen LogP contribution in [0.3, 0.4) is 0 Å². The fourth-order valence-corrected chi connectivity index (χ4v) is 3.47. The Kier molecular flexibility index (Phi) is 6.27. The molecular weight excluding hydrogens is 395 g/mol. The molecule has 0 aliphatic rings. The Morgan fingerprint density at radius 1 is 1.03 bits per heavy atom. The Balaban J connectivity index is 1.92. The van der Waals surface area contributed by atoms with Crippen LogP contribution in [-0.4, -0.2) is 41.6 Å². The highest BCUT2D eigenvalue weighted by Gasteiger charge is 2.14. The van der Waals surface area contributed by atoms with Crippen molar-refractivity contribution < 1.29 is 23.7 Å². The molecule has 2 aromatic carbocycles. The number of ether oxygens (including phenoxy) is 3. The Hall–Kier alpha value is -2.80. The summed E-state index contributed by atoms with van der Waals surface area (Å²) in [6.07, 6.45) is -0.184. The Morgan fingerprint density at radius 3 is 2.31 bits per heavy atom. The van der Waals surface area contributed by atoms with Gasteiger partial charge < -0.3 is 19.1 Å². The first-order valence-corrected chi connectivity index (χ1v) is 11.0. The highest BCUT2D eigenvalue weighted by atomic mass is 31.2. The first-order chi connectivity index (χ1) is 13.7.